The molecule has 0 N–H and O–H groups in total. The molecule has 0 bridgehead atoms. The lowest BCUT2D eigenvalue weighted by Gasteiger charge is -2.24. The van der Waals surface area contributed by atoms with Crippen molar-refractivity contribution in [3.63, 3.8) is 0 Å². The topological polar surface area (TPSA) is 44.9 Å². The largest absolute Gasteiger partial charge is 0.457 e. The van der Waals surface area contributed by atoms with Crippen molar-refractivity contribution in [2.75, 3.05) is 0 Å². The minimum atomic E-state index is 0.564. The fourth-order valence-corrected chi connectivity index (χ4v) is 7.88. The van der Waals surface area contributed by atoms with Gasteiger partial charge in [0.2, 0.25) is 0 Å². The van der Waals surface area contributed by atoms with Crippen LogP contribution in [0.15, 0.2) is 104 Å². The molecule has 0 saturated heterocycles. The van der Waals surface area contributed by atoms with Gasteiger partial charge in [-0.25, -0.2) is 9.67 Å². The Kier molecular flexibility index (Phi) is 10.3. The second-order valence-electron chi connectivity index (χ2n) is 15.2. The van der Waals surface area contributed by atoms with Gasteiger partial charge in [-0.3, -0.25) is 4.57 Å². The standard InChI is InChI=1S/C47H52N4O/c1-8-13-34-26-35(23-31(3)4)47(43(24-32(5)6)40(34)14-9-2)36-29-49-50(30-36)37-15-12-16-38(27-37)52-39-19-20-42-41-17-10-11-18-44(41)51(45(42)28-39)46-25-33(7)21-22-48-46/h10-12,15-22,25-32H,8-9,13-14,23-24H2,1-7H3. The molecule has 7 rings (SSSR count). The van der Waals surface area contributed by atoms with Gasteiger partial charge in [0.15, 0.2) is 0 Å². The van der Waals surface area contributed by atoms with Crippen LogP contribution in [-0.4, -0.2) is 19.3 Å². The van der Waals surface area contributed by atoms with Crippen LogP contribution in [-0.2, 0) is 25.7 Å². The molecule has 0 spiro atoms. The number of hydrogen-bond donors (Lipinski definition) is 0. The number of ether oxygens (including phenoxy) is 1. The van der Waals surface area contributed by atoms with Crippen LogP contribution < -0.4 is 4.74 Å². The molecule has 0 aliphatic rings. The van der Waals surface area contributed by atoms with Crippen molar-refractivity contribution in [2.24, 2.45) is 11.8 Å². The van der Waals surface area contributed by atoms with Gasteiger partial charge in [0.1, 0.15) is 17.3 Å². The van der Waals surface area contributed by atoms with E-state index in [1.54, 1.807) is 11.1 Å². The van der Waals surface area contributed by atoms with Gasteiger partial charge in [-0.2, -0.15) is 5.10 Å². The normalized spacial score (nSPS) is 11.8. The number of para-hydroxylation sites is 1. The summed E-state index contributed by atoms with van der Waals surface area (Å²) in [4.78, 5) is 4.74. The summed E-state index contributed by atoms with van der Waals surface area (Å²) < 4.78 is 10.8. The van der Waals surface area contributed by atoms with Crippen molar-refractivity contribution in [3.8, 4) is 34.1 Å². The zero-order chi connectivity index (χ0) is 36.4. The van der Waals surface area contributed by atoms with E-state index in [1.807, 2.05) is 29.1 Å². The molecule has 52 heavy (non-hydrogen) atoms. The highest BCUT2D eigenvalue weighted by molar-refractivity contribution is 6.09. The van der Waals surface area contributed by atoms with Crippen molar-refractivity contribution in [2.45, 2.75) is 87.0 Å². The maximum atomic E-state index is 6.58. The zero-order valence-corrected chi connectivity index (χ0v) is 31.9. The molecule has 7 aromatic rings. The molecule has 5 nitrogen and oxygen atoms in total. The molecule has 4 aromatic carbocycles. The molecule has 3 heterocycles. The maximum Gasteiger partial charge on any atom is 0.137 e. The number of aromatic nitrogens is 4. The average molecular weight is 689 g/mol. The van der Waals surface area contributed by atoms with Crippen LogP contribution in [0.2, 0.25) is 0 Å². The molecule has 0 amide bonds. The van der Waals surface area contributed by atoms with Gasteiger partial charge in [-0.05, 0) is 120 Å². The highest BCUT2D eigenvalue weighted by atomic mass is 16.5. The second kappa shape index (κ2) is 15.2. The molecule has 3 aromatic heterocycles. The van der Waals surface area contributed by atoms with Gasteiger partial charge in [0.25, 0.3) is 0 Å². The number of benzene rings is 4. The molecule has 0 saturated carbocycles. The molecule has 0 radical (unpaired) electrons. The van der Waals surface area contributed by atoms with Gasteiger partial charge in [-0.1, -0.05) is 84.7 Å². The summed E-state index contributed by atoms with van der Waals surface area (Å²) in [5, 5.41) is 7.32. The van der Waals surface area contributed by atoms with Crippen molar-refractivity contribution in [1.82, 2.24) is 19.3 Å². The Labute approximate surface area is 309 Å². The van der Waals surface area contributed by atoms with Crippen molar-refractivity contribution in [3.05, 3.63) is 131 Å². The Hall–Kier alpha value is -5.16. The van der Waals surface area contributed by atoms with E-state index in [0.717, 1.165) is 72.6 Å². The lowest BCUT2D eigenvalue weighted by Crippen LogP contribution is -2.10. The van der Waals surface area contributed by atoms with E-state index in [2.05, 4.69) is 132 Å². The molecule has 0 aliphatic carbocycles. The Balaban J connectivity index is 1.26. The number of aryl methyl sites for hydroxylation is 2. The molecule has 0 aliphatic heterocycles. The van der Waals surface area contributed by atoms with E-state index >= 15 is 0 Å². The Morgan fingerprint density at radius 1 is 0.692 bits per heavy atom. The third-order valence-electron chi connectivity index (χ3n) is 9.95. The SMILES string of the molecule is CCCc1cc(CC(C)C)c(-c2cnn(-c3cccc(Oc4ccc5c6ccccc6n(-c6cc(C)ccn6)c5c4)c3)c2)c(CC(C)C)c1CCC. The van der Waals surface area contributed by atoms with Crippen LogP contribution in [0.5, 0.6) is 11.5 Å². The summed E-state index contributed by atoms with van der Waals surface area (Å²) >= 11 is 0. The lowest BCUT2D eigenvalue weighted by molar-refractivity contribution is 0.483. The number of pyridine rings is 1. The van der Waals surface area contributed by atoms with Gasteiger partial charge < -0.3 is 4.74 Å². The highest BCUT2D eigenvalue weighted by Gasteiger charge is 2.22. The first-order chi connectivity index (χ1) is 25.2. The van der Waals surface area contributed by atoms with Crippen molar-refractivity contribution < 1.29 is 4.74 Å². The van der Waals surface area contributed by atoms with Crippen molar-refractivity contribution >= 4 is 21.8 Å². The average Bonchev–Trinajstić information content (AvgIpc) is 3.73. The molecule has 5 heteroatoms. The summed E-state index contributed by atoms with van der Waals surface area (Å²) in [6, 6.07) is 29.8. The van der Waals surface area contributed by atoms with Crippen LogP contribution in [0.25, 0.3) is 44.4 Å². The first-order valence-corrected chi connectivity index (χ1v) is 19.2. The van der Waals surface area contributed by atoms with Gasteiger partial charge in [0.05, 0.1) is 22.9 Å². The minimum absolute atomic E-state index is 0.564. The Morgan fingerprint density at radius 3 is 2.23 bits per heavy atom. The first kappa shape index (κ1) is 35.3. The number of rotatable bonds is 13. The van der Waals surface area contributed by atoms with E-state index in [9.17, 15) is 0 Å². The second-order valence-corrected chi connectivity index (χ2v) is 15.2. The summed E-state index contributed by atoms with van der Waals surface area (Å²) in [5.41, 5.74) is 13.0. The van der Waals surface area contributed by atoms with Crippen LogP contribution in [0.1, 0.15) is 82.2 Å². The summed E-state index contributed by atoms with van der Waals surface area (Å²) in [6.45, 7) is 16.1. The quantitative estimate of drug-likeness (QED) is 0.121. The van der Waals surface area contributed by atoms with Crippen LogP contribution in [0.4, 0.5) is 0 Å². The molecular formula is C47H52N4O. The maximum absolute atomic E-state index is 6.58. The zero-order valence-electron chi connectivity index (χ0n) is 31.9. The molecule has 266 valence electrons. The number of hydrogen-bond acceptors (Lipinski definition) is 3. The first-order valence-electron chi connectivity index (χ1n) is 19.2. The number of fused-ring (bicyclic) bond motifs is 3. The molecule has 0 fully saturated rings. The van der Waals surface area contributed by atoms with E-state index in [4.69, 9.17) is 14.8 Å². The Morgan fingerprint density at radius 2 is 1.46 bits per heavy atom. The predicted octanol–water partition coefficient (Wildman–Crippen LogP) is 12.4. The third kappa shape index (κ3) is 7.14. The summed E-state index contributed by atoms with van der Waals surface area (Å²) in [7, 11) is 0. The third-order valence-corrected chi connectivity index (χ3v) is 9.95. The smallest absolute Gasteiger partial charge is 0.137 e. The summed E-state index contributed by atoms with van der Waals surface area (Å²) in [5.74, 6) is 3.56. The van der Waals surface area contributed by atoms with Gasteiger partial charge in [0, 0.05) is 40.9 Å². The monoisotopic (exact) mass is 688 g/mol. The Bertz CT molecular complexity index is 2340. The fourth-order valence-electron chi connectivity index (χ4n) is 7.88. The summed E-state index contributed by atoms with van der Waals surface area (Å²) in [6.07, 6.45) is 12.9. The minimum Gasteiger partial charge on any atom is -0.457 e. The van der Waals surface area contributed by atoms with E-state index in [0.29, 0.717) is 11.8 Å². The van der Waals surface area contributed by atoms with Crippen LogP contribution in [0.3, 0.4) is 0 Å². The van der Waals surface area contributed by atoms with Gasteiger partial charge >= 0.3 is 0 Å². The van der Waals surface area contributed by atoms with Crippen molar-refractivity contribution in [1.29, 1.82) is 0 Å². The number of nitrogens with zero attached hydrogens (tertiary/aromatic N) is 4. The molecule has 0 atom stereocenters. The van der Waals surface area contributed by atoms with E-state index in [1.165, 1.54) is 38.6 Å². The van der Waals surface area contributed by atoms with Gasteiger partial charge in [-0.15, -0.1) is 0 Å². The van der Waals surface area contributed by atoms with E-state index < -0.39 is 0 Å². The fraction of sp³-hybridized carbons (Fsp3) is 0.319. The van der Waals surface area contributed by atoms with Crippen LogP contribution >= 0.6 is 0 Å². The lowest BCUT2D eigenvalue weighted by atomic mass is 9.80. The predicted molar refractivity (Wildman–Crippen MR) is 217 cm³/mol. The molecule has 0 unspecified atom stereocenters. The molecular weight excluding hydrogens is 637 g/mol. The van der Waals surface area contributed by atoms with E-state index in [-0.39, 0.29) is 0 Å². The van der Waals surface area contributed by atoms with Crippen LogP contribution in [0, 0.1) is 18.8 Å². The highest BCUT2D eigenvalue weighted by Crippen LogP contribution is 2.38.